The monoisotopic (exact) mass is 596 g/mol. The van der Waals surface area contributed by atoms with E-state index in [-0.39, 0.29) is 48.5 Å². The molecule has 1 amide bonds. The van der Waals surface area contributed by atoms with Gasteiger partial charge in [-0.1, -0.05) is 19.1 Å². The summed E-state index contributed by atoms with van der Waals surface area (Å²) in [5, 5.41) is 9.32. The fourth-order valence-electron chi connectivity index (χ4n) is 7.68. The van der Waals surface area contributed by atoms with E-state index in [1.54, 1.807) is 6.07 Å². The van der Waals surface area contributed by atoms with Crippen LogP contribution in [0.15, 0.2) is 42.5 Å². The Kier molecular flexibility index (Phi) is 6.79. The van der Waals surface area contributed by atoms with E-state index in [0.29, 0.717) is 37.1 Å². The molecule has 2 aromatic rings. The number of nitrogens with zero attached hydrogens (tertiary/aromatic N) is 2. The largest absolute Gasteiger partial charge is 0.478 e. The van der Waals surface area contributed by atoms with Gasteiger partial charge in [-0.15, -0.1) is 0 Å². The number of hydrogen-bond donors (Lipinski definition) is 1. The van der Waals surface area contributed by atoms with Crippen molar-refractivity contribution in [1.82, 2.24) is 9.80 Å². The maximum Gasteiger partial charge on any atom is 0.416 e. The molecule has 42 heavy (non-hydrogen) atoms. The summed E-state index contributed by atoms with van der Waals surface area (Å²) in [6.07, 6.45) is -8.19. The van der Waals surface area contributed by atoms with Crippen molar-refractivity contribution in [3.63, 3.8) is 0 Å². The minimum atomic E-state index is -4.53. The maximum atomic E-state index is 14.4. The van der Waals surface area contributed by atoms with E-state index in [4.69, 9.17) is 4.74 Å². The van der Waals surface area contributed by atoms with Crippen molar-refractivity contribution >= 4 is 11.9 Å². The second-order valence-electron chi connectivity index (χ2n) is 12.1. The van der Waals surface area contributed by atoms with Gasteiger partial charge in [0, 0.05) is 24.1 Å². The lowest BCUT2D eigenvalue weighted by molar-refractivity contribution is -0.194. The van der Waals surface area contributed by atoms with Crippen LogP contribution in [0.4, 0.5) is 26.3 Å². The summed E-state index contributed by atoms with van der Waals surface area (Å²) < 4.78 is 89.0. The molecular weight excluding hydrogens is 566 g/mol. The Morgan fingerprint density at radius 3 is 2.52 bits per heavy atom. The number of piperidine rings is 1. The van der Waals surface area contributed by atoms with Gasteiger partial charge in [-0.3, -0.25) is 9.69 Å². The Balaban J connectivity index is 1.20. The molecular formula is C30H30F6N2O4. The Morgan fingerprint density at radius 1 is 1.07 bits per heavy atom. The van der Waals surface area contributed by atoms with E-state index < -0.39 is 47.4 Å². The summed E-state index contributed by atoms with van der Waals surface area (Å²) in [6.45, 7) is 1.97. The second kappa shape index (κ2) is 9.89. The highest BCUT2D eigenvalue weighted by molar-refractivity contribution is 5.88. The van der Waals surface area contributed by atoms with Crippen LogP contribution in [0.25, 0.3) is 0 Å². The van der Waals surface area contributed by atoms with Gasteiger partial charge in [0.25, 0.3) is 0 Å². The van der Waals surface area contributed by atoms with Crippen LogP contribution in [0.1, 0.15) is 65.6 Å². The highest BCUT2D eigenvalue weighted by Gasteiger charge is 2.62. The number of likely N-dealkylation sites (tertiary alicyclic amines) is 1. The van der Waals surface area contributed by atoms with E-state index in [1.807, 2.05) is 11.8 Å². The van der Waals surface area contributed by atoms with E-state index in [0.717, 1.165) is 12.1 Å². The molecule has 4 unspecified atom stereocenters. The van der Waals surface area contributed by atoms with Gasteiger partial charge in [-0.25, -0.2) is 4.79 Å². The SMILES string of the molecule is CC1C2Oc3ccc(C(F)(F)F)cc3CN2C(=O)[C@]12CC[C@@H](N1CCC(c3cccc(C(=O)O)c3)C(C(F)(F)F)C1)C2. The molecule has 1 spiro atoms. The summed E-state index contributed by atoms with van der Waals surface area (Å²) in [5.41, 5.74) is -1.13. The number of carboxylic acids is 1. The van der Waals surface area contributed by atoms with Crippen LogP contribution in [-0.4, -0.2) is 58.3 Å². The van der Waals surface area contributed by atoms with Gasteiger partial charge >= 0.3 is 18.3 Å². The first kappa shape index (κ1) is 28.8. The Hall–Kier alpha value is -3.28. The Bertz CT molecular complexity index is 1410. The van der Waals surface area contributed by atoms with E-state index >= 15 is 0 Å². The van der Waals surface area contributed by atoms with Crippen molar-refractivity contribution < 1.29 is 45.8 Å². The number of carboxylic acid groups (broad SMARTS) is 1. The van der Waals surface area contributed by atoms with E-state index in [9.17, 15) is 41.0 Å². The van der Waals surface area contributed by atoms with E-state index in [2.05, 4.69) is 0 Å². The molecule has 6 atom stereocenters. The first-order valence-electron chi connectivity index (χ1n) is 14.0. The average molecular weight is 597 g/mol. The fourth-order valence-corrected chi connectivity index (χ4v) is 7.68. The number of aromatic carboxylic acids is 1. The molecule has 0 bridgehead atoms. The number of hydrogen-bond acceptors (Lipinski definition) is 4. The molecule has 6 nitrogen and oxygen atoms in total. The zero-order valence-electron chi connectivity index (χ0n) is 22.7. The van der Waals surface area contributed by atoms with Crippen LogP contribution >= 0.6 is 0 Å². The van der Waals surface area contributed by atoms with Crippen LogP contribution in [-0.2, 0) is 17.5 Å². The molecule has 226 valence electrons. The molecule has 0 radical (unpaired) electrons. The lowest BCUT2D eigenvalue weighted by Gasteiger charge is -2.42. The first-order valence-corrected chi connectivity index (χ1v) is 14.0. The number of halogens is 6. The molecule has 12 heteroatoms. The average Bonchev–Trinajstić information content (AvgIpc) is 3.47. The van der Waals surface area contributed by atoms with Gasteiger partial charge in [0.2, 0.25) is 5.91 Å². The molecule has 3 aliphatic heterocycles. The van der Waals surface area contributed by atoms with Crippen LogP contribution in [0, 0.1) is 17.3 Å². The van der Waals surface area contributed by atoms with Gasteiger partial charge < -0.3 is 14.7 Å². The summed E-state index contributed by atoms with van der Waals surface area (Å²) in [6, 6.07) is 8.64. The standard InChI is InChI=1S/C30H30F6N2O4/c1-16-25-38(14-19-12-20(29(31,32)33)5-6-24(19)42-25)27(41)28(16)9-7-21(13-28)37-10-8-22(23(15-37)30(34,35)36)17-3-2-4-18(11-17)26(39)40/h2-6,11-12,16,21-23,25H,7-10,13-15H2,1H3,(H,39,40)/t16?,21-,22?,23?,25?,28+/m1/s1. The number of rotatable bonds is 3. The molecule has 4 aliphatic rings. The minimum absolute atomic E-state index is 0.0174. The minimum Gasteiger partial charge on any atom is -0.478 e. The lowest BCUT2D eigenvalue weighted by Crippen LogP contribution is -2.49. The van der Waals surface area contributed by atoms with E-state index in [1.165, 1.54) is 29.2 Å². The molecule has 1 saturated carbocycles. The van der Waals surface area contributed by atoms with Crippen LogP contribution in [0.3, 0.4) is 0 Å². The quantitative estimate of drug-likeness (QED) is 0.421. The van der Waals surface area contributed by atoms with Gasteiger partial charge in [-0.2, -0.15) is 26.3 Å². The fraction of sp³-hybridized carbons (Fsp3) is 0.533. The third-order valence-electron chi connectivity index (χ3n) is 9.94. The molecule has 3 fully saturated rings. The van der Waals surface area contributed by atoms with Gasteiger partial charge in [0.1, 0.15) is 5.75 Å². The van der Waals surface area contributed by atoms with Crippen molar-refractivity contribution in [2.75, 3.05) is 13.1 Å². The highest BCUT2D eigenvalue weighted by atomic mass is 19.4. The molecule has 3 heterocycles. The molecule has 0 aromatic heterocycles. The van der Waals surface area contributed by atoms with Crippen LogP contribution in [0.5, 0.6) is 5.75 Å². The predicted molar refractivity (Wildman–Crippen MR) is 138 cm³/mol. The topological polar surface area (TPSA) is 70.1 Å². The summed E-state index contributed by atoms with van der Waals surface area (Å²) >= 11 is 0. The zero-order chi connectivity index (χ0) is 30.2. The molecule has 6 rings (SSSR count). The molecule has 2 saturated heterocycles. The molecule has 1 N–H and O–H groups in total. The van der Waals surface area contributed by atoms with Crippen molar-refractivity contribution in [1.29, 1.82) is 0 Å². The number of amides is 1. The third kappa shape index (κ3) is 4.71. The van der Waals surface area contributed by atoms with Gasteiger partial charge in [0.05, 0.1) is 29.0 Å². The Morgan fingerprint density at radius 2 is 1.83 bits per heavy atom. The number of benzene rings is 2. The van der Waals surface area contributed by atoms with Crippen LogP contribution in [0.2, 0.25) is 0 Å². The summed E-state index contributed by atoms with van der Waals surface area (Å²) in [7, 11) is 0. The normalized spacial score (nSPS) is 31.6. The first-order chi connectivity index (χ1) is 19.7. The van der Waals surface area contributed by atoms with Crippen molar-refractivity contribution in [3.05, 3.63) is 64.7 Å². The summed E-state index contributed by atoms with van der Waals surface area (Å²) in [4.78, 5) is 28.5. The number of ether oxygens (including phenoxy) is 1. The smallest absolute Gasteiger partial charge is 0.416 e. The maximum absolute atomic E-state index is 14.4. The highest BCUT2D eigenvalue weighted by Crippen LogP contribution is 2.56. The molecule has 1 aliphatic carbocycles. The van der Waals surface area contributed by atoms with Crippen molar-refractivity contribution in [3.8, 4) is 5.75 Å². The number of fused-ring (bicyclic) bond motifs is 2. The zero-order valence-corrected chi connectivity index (χ0v) is 22.7. The Labute approximate surface area is 238 Å². The van der Waals surface area contributed by atoms with Crippen LogP contribution < -0.4 is 4.74 Å². The van der Waals surface area contributed by atoms with Crippen molar-refractivity contribution in [2.45, 2.75) is 69.7 Å². The third-order valence-corrected chi connectivity index (χ3v) is 9.94. The summed E-state index contributed by atoms with van der Waals surface area (Å²) in [5.74, 6) is -4.01. The number of carbonyl (C=O) groups excluding carboxylic acids is 1. The van der Waals surface area contributed by atoms with Gasteiger partial charge in [-0.05, 0) is 74.0 Å². The van der Waals surface area contributed by atoms with Crippen molar-refractivity contribution in [2.24, 2.45) is 17.3 Å². The lowest BCUT2D eigenvalue weighted by atomic mass is 9.75. The number of carbonyl (C=O) groups is 2. The van der Waals surface area contributed by atoms with Gasteiger partial charge in [0.15, 0.2) is 6.23 Å². The molecule has 2 aromatic carbocycles. The second-order valence-corrected chi connectivity index (χ2v) is 12.1. The number of alkyl halides is 6. The predicted octanol–water partition coefficient (Wildman–Crippen LogP) is 6.31.